The monoisotopic (exact) mass is 361 g/mol. The minimum absolute atomic E-state index is 0.0609. The molecule has 0 spiro atoms. The number of halogens is 1. The van der Waals surface area contributed by atoms with E-state index in [1.54, 1.807) is 24.3 Å². The molecular weight excluding hydrogens is 345 g/mol. The second-order valence-electron chi connectivity index (χ2n) is 5.56. The van der Waals surface area contributed by atoms with E-state index >= 15 is 0 Å². The molecule has 0 aliphatic heterocycles. The van der Waals surface area contributed by atoms with Crippen LogP contribution < -0.4 is 4.72 Å². The summed E-state index contributed by atoms with van der Waals surface area (Å²) in [4.78, 5) is 4.02. The minimum Gasteiger partial charge on any atom is -0.338 e. The molecular formula is C17H16FN3O3S. The molecule has 25 heavy (non-hydrogen) atoms. The third-order valence-corrected chi connectivity index (χ3v) is 4.80. The highest BCUT2D eigenvalue weighted by molar-refractivity contribution is 7.88. The maximum Gasteiger partial charge on any atom is 0.242 e. The molecule has 3 rings (SSSR count). The van der Waals surface area contributed by atoms with Gasteiger partial charge in [-0.25, -0.2) is 17.5 Å². The lowest BCUT2D eigenvalue weighted by atomic mass is 10.2. The number of benzene rings is 2. The lowest BCUT2D eigenvalue weighted by Gasteiger charge is -2.05. The molecule has 2 aromatic carbocycles. The summed E-state index contributed by atoms with van der Waals surface area (Å²) in [5.41, 5.74) is 1.93. The molecule has 1 heterocycles. The Kier molecular flexibility index (Phi) is 4.91. The van der Waals surface area contributed by atoms with Gasteiger partial charge in [-0.1, -0.05) is 47.1 Å². The Morgan fingerprint density at radius 1 is 1.12 bits per heavy atom. The van der Waals surface area contributed by atoms with Crippen LogP contribution in [0.3, 0.4) is 0 Å². The maximum atomic E-state index is 13.7. The normalized spacial score (nSPS) is 11.6. The van der Waals surface area contributed by atoms with Crippen LogP contribution in [0, 0.1) is 12.7 Å². The summed E-state index contributed by atoms with van der Waals surface area (Å²) in [6.45, 7) is 1.77. The summed E-state index contributed by atoms with van der Waals surface area (Å²) in [5.74, 6) is -0.493. The molecule has 0 aliphatic rings. The van der Waals surface area contributed by atoms with Gasteiger partial charge < -0.3 is 4.52 Å². The van der Waals surface area contributed by atoms with Crippen molar-refractivity contribution in [2.45, 2.75) is 19.2 Å². The molecule has 1 N–H and O–H groups in total. The number of nitrogens with zero attached hydrogens (tertiary/aromatic N) is 2. The van der Waals surface area contributed by atoms with Gasteiger partial charge in [0.1, 0.15) is 5.82 Å². The molecule has 0 atom stereocenters. The van der Waals surface area contributed by atoms with Crippen LogP contribution in [0.4, 0.5) is 4.39 Å². The summed E-state index contributed by atoms with van der Waals surface area (Å²) < 4.78 is 45.3. The van der Waals surface area contributed by atoms with E-state index in [9.17, 15) is 12.8 Å². The van der Waals surface area contributed by atoms with Crippen molar-refractivity contribution in [1.82, 2.24) is 14.9 Å². The first-order valence-electron chi connectivity index (χ1n) is 7.53. The van der Waals surface area contributed by atoms with Crippen LogP contribution in [-0.2, 0) is 22.3 Å². The van der Waals surface area contributed by atoms with Crippen LogP contribution in [0.25, 0.3) is 11.4 Å². The van der Waals surface area contributed by atoms with E-state index < -0.39 is 15.8 Å². The van der Waals surface area contributed by atoms with Crippen molar-refractivity contribution < 1.29 is 17.3 Å². The summed E-state index contributed by atoms with van der Waals surface area (Å²) in [6, 6.07) is 13.2. The molecule has 3 aromatic rings. The molecule has 130 valence electrons. The first-order chi connectivity index (χ1) is 11.9. The van der Waals surface area contributed by atoms with Gasteiger partial charge in [-0.05, 0) is 24.6 Å². The number of sulfonamides is 1. The average molecular weight is 361 g/mol. The molecule has 6 nitrogen and oxygen atoms in total. The van der Waals surface area contributed by atoms with Crippen LogP contribution >= 0.6 is 0 Å². The van der Waals surface area contributed by atoms with E-state index in [2.05, 4.69) is 14.9 Å². The van der Waals surface area contributed by atoms with Gasteiger partial charge in [-0.15, -0.1) is 0 Å². The Bertz CT molecular complexity index is 969. The number of rotatable bonds is 6. The van der Waals surface area contributed by atoms with Crippen LogP contribution in [0.1, 0.15) is 17.0 Å². The van der Waals surface area contributed by atoms with Crippen molar-refractivity contribution in [3.05, 3.63) is 71.4 Å². The third-order valence-electron chi connectivity index (χ3n) is 3.50. The number of hydrogen-bond donors (Lipinski definition) is 1. The van der Waals surface area contributed by atoms with Gasteiger partial charge in [-0.3, -0.25) is 0 Å². The number of nitrogens with one attached hydrogen (secondary N) is 1. The van der Waals surface area contributed by atoms with E-state index in [1.165, 1.54) is 12.1 Å². The molecule has 0 aliphatic carbocycles. The molecule has 8 heteroatoms. The Morgan fingerprint density at radius 2 is 1.84 bits per heavy atom. The highest BCUT2D eigenvalue weighted by Gasteiger charge is 2.16. The zero-order valence-electron chi connectivity index (χ0n) is 13.4. The first-order valence-corrected chi connectivity index (χ1v) is 9.18. The second-order valence-corrected chi connectivity index (χ2v) is 7.36. The Hall–Kier alpha value is -2.58. The maximum absolute atomic E-state index is 13.7. The molecule has 0 bridgehead atoms. The summed E-state index contributed by atoms with van der Waals surface area (Å²) in [6.07, 6.45) is 0. The SMILES string of the molecule is Cc1ccc(CS(=O)(=O)NCc2nc(-c3ccccc3F)no2)cc1. The van der Waals surface area contributed by atoms with Gasteiger partial charge in [0.15, 0.2) is 0 Å². The van der Waals surface area contributed by atoms with Gasteiger partial charge >= 0.3 is 0 Å². The van der Waals surface area contributed by atoms with Crippen molar-refractivity contribution >= 4 is 10.0 Å². The number of aromatic nitrogens is 2. The lowest BCUT2D eigenvalue weighted by Crippen LogP contribution is -2.24. The Balaban J connectivity index is 1.65. The fourth-order valence-electron chi connectivity index (χ4n) is 2.21. The van der Waals surface area contributed by atoms with E-state index in [0.29, 0.717) is 5.56 Å². The number of aryl methyl sites for hydroxylation is 1. The van der Waals surface area contributed by atoms with Crippen molar-refractivity contribution in [1.29, 1.82) is 0 Å². The van der Waals surface area contributed by atoms with Crippen LogP contribution in [-0.4, -0.2) is 18.6 Å². The molecule has 0 radical (unpaired) electrons. The summed E-state index contributed by atoms with van der Waals surface area (Å²) >= 11 is 0. The first kappa shape index (κ1) is 17.2. The van der Waals surface area contributed by atoms with Crippen LogP contribution in [0.5, 0.6) is 0 Å². The van der Waals surface area contributed by atoms with Gasteiger partial charge in [0.2, 0.25) is 21.7 Å². The van der Waals surface area contributed by atoms with Crippen molar-refractivity contribution in [2.75, 3.05) is 0 Å². The minimum atomic E-state index is -3.56. The van der Waals surface area contributed by atoms with Crippen molar-refractivity contribution in [2.24, 2.45) is 0 Å². The molecule has 0 amide bonds. The van der Waals surface area contributed by atoms with E-state index in [0.717, 1.165) is 5.56 Å². The van der Waals surface area contributed by atoms with Gasteiger partial charge in [0, 0.05) is 0 Å². The smallest absolute Gasteiger partial charge is 0.242 e. The standard InChI is InChI=1S/C17H16FN3O3S/c1-12-6-8-13(9-7-12)11-25(22,23)19-10-16-20-17(21-24-16)14-4-2-3-5-15(14)18/h2-9,19H,10-11H2,1H3. The predicted octanol–water partition coefficient (Wildman–Crippen LogP) is 2.80. The van der Waals surface area contributed by atoms with Crippen molar-refractivity contribution in [3.8, 4) is 11.4 Å². The molecule has 0 saturated heterocycles. The van der Waals surface area contributed by atoms with Crippen LogP contribution in [0.15, 0.2) is 53.1 Å². The van der Waals surface area contributed by atoms with E-state index in [1.807, 2.05) is 19.1 Å². The largest absolute Gasteiger partial charge is 0.338 e. The zero-order chi connectivity index (χ0) is 17.9. The van der Waals surface area contributed by atoms with E-state index in [4.69, 9.17) is 4.52 Å². The fourth-order valence-corrected chi connectivity index (χ4v) is 3.28. The summed E-state index contributed by atoms with van der Waals surface area (Å²) in [5, 5.41) is 3.68. The van der Waals surface area contributed by atoms with E-state index in [-0.39, 0.29) is 29.6 Å². The average Bonchev–Trinajstić information content (AvgIpc) is 3.04. The lowest BCUT2D eigenvalue weighted by molar-refractivity contribution is 0.375. The van der Waals surface area contributed by atoms with Crippen molar-refractivity contribution in [3.63, 3.8) is 0 Å². The number of hydrogen-bond acceptors (Lipinski definition) is 5. The third kappa shape index (κ3) is 4.49. The molecule has 0 unspecified atom stereocenters. The molecule has 0 saturated carbocycles. The van der Waals surface area contributed by atoms with Crippen LogP contribution in [0.2, 0.25) is 0 Å². The molecule has 1 aromatic heterocycles. The Labute approximate surface area is 144 Å². The quantitative estimate of drug-likeness (QED) is 0.730. The topological polar surface area (TPSA) is 85.1 Å². The highest BCUT2D eigenvalue weighted by Crippen LogP contribution is 2.19. The zero-order valence-corrected chi connectivity index (χ0v) is 14.3. The molecule has 0 fully saturated rings. The van der Waals surface area contributed by atoms with Gasteiger partial charge in [0.25, 0.3) is 0 Å². The van der Waals surface area contributed by atoms with Gasteiger partial charge in [-0.2, -0.15) is 4.98 Å². The Morgan fingerprint density at radius 3 is 2.56 bits per heavy atom. The fraction of sp³-hybridized carbons (Fsp3) is 0.176. The summed E-state index contributed by atoms with van der Waals surface area (Å²) in [7, 11) is -3.56. The second kappa shape index (κ2) is 7.12. The van der Waals surface area contributed by atoms with Gasteiger partial charge in [0.05, 0.1) is 17.9 Å². The predicted molar refractivity (Wildman–Crippen MR) is 90.3 cm³/mol. The highest BCUT2D eigenvalue weighted by atomic mass is 32.2.